The molecule has 0 spiro atoms. The molecule has 0 saturated heterocycles. The fourth-order valence-electron chi connectivity index (χ4n) is 3.83. The van der Waals surface area contributed by atoms with Crippen molar-refractivity contribution in [2.45, 2.75) is 13.5 Å². The van der Waals surface area contributed by atoms with Crippen LogP contribution in [0.4, 0.5) is 0 Å². The van der Waals surface area contributed by atoms with E-state index in [1.807, 2.05) is 97.9 Å². The Morgan fingerprint density at radius 3 is 2.50 bits per heavy atom. The van der Waals surface area contributed by atoms with Gasteiger partial charge in [0, 0.05) is 5.56 Å². The second-order valence-electron chi connectivity index (χ2n) is 7.78. The predicted octanol–water partition coefficient (Wildman–Crippen LogP) is 6.16. The highest BCUT2D eigenvalue weighted by molar-refractivity contribution is 6.17. The molecule has 0 atom stereocenters. The first-order valence-electron chi connectivity index (χ1n) is 11.2. The molecule has 1 heterocycles. The van der Waals surface area contributed by atoms with Crippen LogP contribution in [0.2, 0.25) is 0 Å². The molecule has 0 saturated carbocycles. The van der Waals surface area contributed by atoms with E-state index in [9.17, 15) is 4.79 Å². The highest BCUT2D eigenvalue weighted by atomic mass is 16.6. The van der Waals surface area contributed by atoms with Crippen molar-refractivity contribution in [3.8, 4) is 11.5 Å². The number of hydrogen-bond acceptors (Lipinski definition) is 5. The summed E-state index contributed by atoms with van der Waals surface area (Å²) in [5, 5.41) is 2.04. The first kappa shape index (κ1) is 21.5. The van der Waals surface area contributed by atoms with Gasteiger partial charge in [0.15, 0.2) is 17.2 Å². The number of ether oxygens (including phenoxy) is 3. The van der Waals surface area contributed by atoms with Gasteiger partial charge in [-0.15, -0.1) is 0 Å². The van der Waals surface area contributed by atoms with Gasteiger partial charge in [-0.2, -0.15) is 0 Å². The minimum Gasteiger partial charge on any atom is -0.490 e. The summed E-state index contributed by atoms with van der Waals surface area (Å²) in [6.07, 6.45) is 1.70. The first-order valence-corrected chi connectivity index (χ1v) is 11.2. The molecule has 1 aliphatic heterocycles. The summed E-state index contributed by atoms with van der Waals surface area (Å²) in [5.41, 5.74) is 2.86. The van der Waals surface area contributed by atoms with Crippen LogP contribution in [0.25, 0.3) is 16.8 Å². The Kier molecular flexibility index (Phi) is 6.08. The third-order valence-electron chi connectivity index (χ3n) is 5.45. The van der Waals surface area contributed by atoms with Crippen LogP contribution in [0.3, 0.4) is 0 Å². The van der Waals surface area contributed by atoms with Crippen molar-refractivity contribution in [1.82, 2.24) is 0 Å². The summed E-state index contributed by atoms with van der Waals surface area (Å²) in [6.45, 7) is 2.85. The molecule has 0 unspecified atom stereocenters. The molecule has 4 aromatic carbocycles. The summed E-state index contributed by atoms with van der Waals surface area (Å²) in [7, 11) is 0. The molecule has 0 aliphatic carbocycles. The van der Waals surface area contributed by atoms with Crippen LogP contribution in [0.1, 0.15) is 23.6 Å². The zero-order valence-electron chi connectivity index (χ0n) is 18.7. The van der Waals surface area contributed by atoms with Crippen molar-refractivity contribution in [1.29, 1.82) is 0 Å². The van der Waals surface area contributed by atoms with Crippen molar-refractivity contribution in [3.05, 3.63) is 113 Å². The maximum Gasteiger partial charge on any atom is 0.363 e. The Morgan fingerprint density at radius 1 is 0.853 bits per heavy atom. The average Bonchev–Trinajstić information content (AvgIpc) is 3.23. The first-order chi connectivity index (χ1) is 16.7. The number of hydrogen-bond donors (Lipinski definition) is 0. The highest BCUT2D eigenvalue weighted by Crippen LogP contribution is 2.31. The number of cyclic esters (lactones) is 1. The minimum absolute atomic E-state index is 0.239. The van der Waals surface area contributed by atoms with Gasteiger partial charge in [-0.25, -0.2) is 9.79 Å². The smallest absolute Gasteiger partial charge is 0.363 e. The Balaban J connectivity index is 1.42. The molecular formula is C29H23NO4. The lowest BCUT2D eigenvalue weighted by Gasteiger charge is -2.12. The third-order valence-corrected chi connectivity index (χ3v) is 5.45. The van der Waals surface area contributed by atoms with E-state index >= 15 is 0 Å². The predicted molar refractivity (Wildman–Crippen MR) is 133 cm³/mol. The largest absolute Gasteiger partial charge is 0.490 e. The lowest BCUT2D eigenvalue weighted by atomic mass is 10.0. The monoisotopic (exact) mass is 449 g/mol. The summed E-state index contributed by atoms with van der Waals surface area (Å²) in [5.74, 6) is 1.07. The summed E-state index contributed by atoms with van der Waals surface area (Å²) in [6, 6.07) is 29.3. The molecule has 1 aliphatic rings. The van der Waals surface area contributed by atoms with Crippen molar-refractivity contribution >= 4 is 28.7 Å². The second-order valence-corrected chi connectivity index (χ2v) is 7.78. The Bertz CT molecular complexity index is 1400. The number of nitrogens with zero attached hydrogens (tertiary/aromatic N) is 1. The van der Waals surface area contributed by atoms with E-state index in [1.165, 1.54) is 0 Å². The molecule has 0 fully saturated rings. The number of benzene rings is 4. The van der Waals surface area contributed by atoms with Gasteiger partial charge < -0.3 is 14.2 Å². The summed E-state index contributed by atoms with van der Waals surface area (Å²) >= 11 is 0. The molecule has 34 heavy (non-hydrogen) atoms. The third kappa shape index (κ3) is 4.55. The Hall–Kier alpha value is -4.38. The van der Waals surface area contributed by atoms with Gasteiger partial charge in [0.1, 0.15) is 6.61 Å². The van der Waals surface area contributed by atoms with E-state index in [1.54, 1.807) is 6.08 Å². The lowest BCUT2D eigenvalue weighted by Crippen LogP contribution is -2.05. The van der Waals surface area contributed by atoms with Crippen LogP contribution in [0.15, 0.2) is 102 Å². The van der Waals surface area contributed by atoms with Gasteiger partial charge in [-0.1, -0.05) is 72.8 Å². The van der Waals surface area contributed by atoms with Crippen molar-refractivity contribution in [2.24, 2.45) is 4.99 Å². The summed E-state index contributed by atoms with van der Waals surface area (Å²) < 4.78 is 17.3. The van der Waals surface area contributed by atoms with Gasteiger partial charge >= 0.3 is 5.97 Å². The quantitative estimate of drug-likeness (QED) is 0.250. The number of rotatable bonds is 7. The molecule has 0 N–H and O–H groups in total. The van der Waals surface area contributed by atoms with E-state index in [2.05, 4.69) is 4.99 Å². The van der Waals surface area contributed by atoms with Gasteiger partial charge in [-0.05, 0) is 53.1 Å². The van der Waals surface area contributed by atoms with E-state index in [0.29, 0.717) is 30.6 Å². The number of esters is 1. The van der Waals surface area contributed by atoms with Crippen LogP contribution < -0.4 is 9.47 Å². The lowest BCUT2D eigenvalue weighted by molar-refractivity contribution is -0.129. The minimum atomic E-state index is -0.481. The molecule has 5 nitrogen and oxygen atoms in total. The normalized spacial score (nSPS) is 14.2. The van der Waals surface area contributed by atoms with E-state index < -0.39 is 5.97 Å². The topological polar surface area (TPSA) is 57.1 Å². The Labute approximate surface area is 197 Å². The van der Waals surface area contributed by atoms with Crippen LogP contribution >= 0.6 is 0 Å². The van der Waals surface area contributed by atoms with Crippen molar-refractivity contribution < 1.29 is 19.0 Å². The maximum atomic E-state index is 12.6. The fourth-order valence-corrected chi connectivity index (χ4v) is 3.83. The molecule has 4 aromatic rings. The zero-order chi connectivity index (χ0) is 23.3. The van der Waals surface area contributed by atoms with Crippen LogP contribution in [-0.2, 0) is 16.1 Å². The van der Waals surface area contributed by atoms with Crippen molar-refractivity contribution in [2.75, 3.05) is 6.61 Å². The van der Waals surface area contributed by atoms with Crippen molar-refractivity contribution in [3.63, 3.8) is 0 Å². The van der Waals surface area contributed by atoms with Gasteiger partial charge in [0.05, 0.1) is 6.61 Å². The number of aliphatic imine (C=N–C) groups is 1. The Morgan fingerprint density at radius 2 is 1.65 bits per heavy atom. The molecule has 0 bridgehead atoms. The van der Waals surface area contributed by atoms with Gasteiger partial charge in [0.25, 0.3) is 0 Å². The standard InChI is InChI=1S/C29H23NO4/c1-2-32-27-18-21(15-16-26(27)33-19-20-9-4-3-5-10-20)17-25-29(31)34-28(30-25)24-14-8-12-22-11-6-7-13-23(22)24/h3-18H,2,19H2,1H3/b25-17-. The fraction of sp³-hybridized carbons (Fsp3) is 0.103. The van der Waals surface area contributed by atoms with Crippen LogP contribution in [0, 0.1) is 0 Å². The van der Waals surface area contributed by atoms with Crippen LogP contribution in [0.5, 0.6) is 11.5 Å². The highest BCUT2D eigenvalue weighted by Gasteiger charge is 2.25. The van der Waals surface area contributed by atoms with E-state index in [4.69, 9.17) is 14.2 Å². The molecule has 0 radical (unpaired) electrons. The molecule has 5 heteroatoms. The number of carbonyl (C=O) groups is 1. The molecular weight excluding hydrogens is 426 g/mol. The number of carbonyl (C=O) groups excluding carboxylic acids is 1. The van der Waals surface area contributed by atoms with Gasteiger partial charge in [0.2, 0.25) is 5.90 Å². The zero-order valence-corrected chi connectivity index (χ0v) is 18.7. The average molecular weight is 450 g/mol. The van der Waals surface area contributed by atoms with Gasteiger partial charge in [-0.3, -0.25) is 0 Å². The molecule has 0 amide bonds. The molecule has 5 rings (SSSR count). The number of fused-ring (bicyclic) bond motifs is 1. The summed E-state index contributed by atoms with van der Waals surface area (Å²) in [4.78, 5) is 17.1. The second kappa shape index (κ2) is 9.63. The van der Waals surface area contributed by atoms with E-state index in [0.717, 1.165) is 27.5 Å². The van der Waals surface area contributed by atoms with Crippen LogP contribution in [-0.4, -0.2) is 18.5 Å². The van der Waals surface area contributed by atoms with E-state index in [-0.39, 0.29) is 5.70 Å². The molecule has 0 aromatic heterocycles. The SMILES string of the molecule is CCOc1cc(/C=C2\N=C(c3cccc4ccccc34)OC2=O)ccc1OCc1ccccc1. The maximum absolute atomic E-state index is 12.6. The molecule has 168 valence electrons.